The molecule has 0 radical (unpaired) electrons. The molecule has 2 rings (SSSR count). The van der Waals surface area contributed by atoms with Crippen LogP contribution in [-0.4, -0.2) is 18.1 Å². The molecular formula is C22H27NO4. The van der Waals surface area contributed by atoms with Crippen LogP contribution in [0.1, 0.15) is 38.3 Å². The minimum Gasteiger partial charge on any atom is -0.461 e. The highest BCUT2D eigenvalue weighted by Crippen LogP contribution is 2.22. The van der Waals surface area contributed by atoms with Gasteiger partial charge >= 0.3 is 12.1 Å². The Hall–Kier alpha value is -2.82. The standard InChI is InChI=1S/C22H27NO4/c1-22(2,3)19(14-20(24)26-15-17-10-6-4-7-11-17)23-21(25)27-16-18-12-8-5-9-13-18/h4-13,19H,14-16H2,1-3H3,(H,23,25)/t19-/m0/s1. The third-order valence-corrected chi connectivity index (χ3v) is 4.16. The predicted octanol–water partition coefficient (Wildman–Crippen LogP) is 4.46. The van der Waals surface area contributed by atoms with E-state index in [1.807, 2.05) is 81.4 Å². The Morgan fingerprint density at radius 3 is 1.81 bits per heavy atom. The van der Waals surface area contributed by atoms with E-state index in [1.54, 1.807) is 0 Å². The number of nitrogens with one attached hydrogen (secondary N) is 1. The fraction of sp³-hybridized carbons (Fsp3) is 0.364. The van der Waals surface area contributed by atoms with Gasteiger partial charge in [-0.1, -0.05) is 81.4 Å². The van der Waals surface area contributed by atoms with Crippen molar-refractivity contribution >= 4 is 12.1 Å². The monoisotopic (exact) mass is 369 g/mol. The van der Waals surface area contributed by atoms with Crippen LogP contribution < -0.4 is 5.32 Å². The Balaban J connectivity index is 1.84. The van der Waals surface area contributed by atoms with Gasteiger partial charge in [0.25, 0.3) is 0 Å². The Morgan fingerprint density at radius 2 is 1.33 bits per heavy atom. The van der Waals surface area contributed by atoms with E-state index < -0.39 is 12.1 Å². The second-order valence-corrected chi connectivity index (χ2v) is 7.48. The van der Waals surface area contributed by atoms with Gasteiger partial charge in [0.2, 0.25) is 0 Å². The zero-order chi connectivity index (χ0) is 19.7. The van der Waals surface area contributed by atoms with Crippen molar-refractivity contribution in [1.29, 1.82) is 0 Å². The quantitative estimate of drug-likeness (QED) is 0.732. The molecule has 0 unspecified atom stereocenters. The molecular weight excluding hydrogens is 342 g/mol. The third kappa shape index (κ3) is 7.52. The van der Waals surface area contributed by atoms with Crippen LogP contribution in [0.3, 0.4) is 0 Å². The summed E-state index contributed by atoms with van der Waals surface area (Å²) in [7, 11) is 0. The molecule has 2 aromatic carbocycles. The van der Waals surface area contributed by atoms with Gasteiger partial charge in [0.05, 0.1) is 6.42 Å². The van der Waals surface area contributed by atoms with Crippen LogP contribution in [0.4, 0.5) is 4.79 Å². The fourth-order valence-corrected chi connectivity index (χ4v) is 2.44. The Labute approximate surface area is 160 Å². The molecule has 144 valence electrons. The first kappa shape index (κ1) is 20.5. The normalized spacial score (nSPS) is 12.1. The fourth-order valence-electron chi connectivity index (χ4n) is 2.44. The lowest BCUT2D eigenvalue weighted by Crippen LogP contribution is -2.45. The van der Waals surface area contributed by atoms with Gasteiger partial charge in [-0.2, -0.15) is 0 Å². The number of alkyl carbamates (subject to hydrolysis) is 1. The summed E-state index contributed by atoms with van der Waals surface area (Å²) >= 11 is 0. The molecule has 1 amide bonds. The van der Waals surface area contributed by atoms with Crippen LogP contribution in [0.2, 0.25) is 0 Å². The van der Waals surface area contributed by atoms with Crippen molar-refractivity contribution < 1.29 is 19.1 Å². The summed E-state index contributed by atoms with van der Waals surface area (Å²) in [4.78, 5) is 24.4. The van der Waals surface area contributed by atoms with Crippen LogP contribution >= 0.6 is 0 Å². The van der Waals surface area contributed by atoms with E-state index in [2.05, 4.69) is 5.32 Å². The van der Waals surface area contributed by atoms with Gasteiger partial charge in [-0.05, 0) is 16.5 Å². The van der Waals surface area contributed by atoms with Gasteiger partial charge in [0, 0.05) is 6.04 Å². The van der Waals surface area contributed by atoms with E-state index in [1.165, 1.54) is 0 Å². The van der Waals surface area contributed by atoms with Crippen molar-refractivity contribution in [2.45, 2.75) is 46.4 Å². The highest BCUT2D eigenvalue weighted by Gasteiger charge is 2.29. The molecule has 1 N–H and O–H groups in total. The van der Waals surface area contributed by atoms with Crippen molar-refractivity contribution in [3.63, 3.8) is 0 Å². The zero-order valence-electron chi connectivity index (χ0n) is 16.1. The second-order valence-electron chi connectivity index (χ2n) is 7.48. The number of benzene rings is 2. The third-order valence-electron chi connectivity index (χ3n) is 4.16. The van der Waals surface area contributed by atoms with Crippen LogP contribution in [0.5, 0.6) is 0 Å². The van der Waals surface area contributed by atoms with E-state index in [0.29, 0.717) is 0 Å². The van der Waals surface area contributed by atoms with E-state index >= 15 is 0 Å². The number of esters is 1. The lowest BCUT2D eigenvalue weighted by Gasteiger charge is -2.30. The van der Waals surface area contributed by atoms with Crippen molar-refractivity contribution in [2.75, 3.05) is 0 Å². The van der Waals surface area contributed by atoms with Crippen molar-refractivity contribution in [1.82, 2.24) is 5.32 Å². The minimum absolute atomic E-state index is 0.0801. The largest absolute Gasteiger partial charge is 0.461 e. The van der Waals surface area contributed by atoms with Crippen LogP contribution in [0.25, 0.3) is 0 Å². The number of ether oxygens (including phenoxy) is 2. The molecule has 5 heteroatoms. The van der Waals surface area contributed by atoms with Crippen LogP contribution in [0, 0.1) is 5.41 Å². The second kappa shape index (κ2) is 9.76. The van der Waals surface area contributed by atoms with Crippen molar-refractivity contribution in [3.8, 4) is 0 Å². The molecule has 0 aliphatic heterocycles. The topological polar surface area (TPSA) is 64.6 Å². The maximum atomic E-state index is 12.2. The van der Waals surface area contributed by atoms with Crippen molar-refractivity contribution in [2.24, 2.45) is 5.41 Å². The molecule has 0 aliphatic rings. The average molecular weight is 369 g/mol. The Kier molecular flexibility index (Phi) is 7.41. The number of carbonyl (C=O) groups excluding carboxylic acids is 2. The summed E-state index contributed by atoms with van der Waals surface area (Å²) in [5, 5.41) is 2.79. The van der Waals surface area contributed by atoms with E-state index in [0.717, 1.165) is 11.1 Å². The summed E-state index contributed by atoms with van der Waals surface area (Å²) in [6.45, 7) is 6.27. The van der Waals surface area contributed by atoms with Gasteiger partial charge in [-0.3, -0.25) is 4.79 Å². The summed E-state index contributed by atoms with van der Waals surface area (Å²) in [6, 6.07) is 18.5. The van der Waals surface area contributed by atoms with E-state index in [-0.39, 0.29) is 31.0 Å². The van der Waals surface area contributed by atoms with Crippen molar-refractivity contribution in [3.05, 3.63) is 71.8 Å². The average Bonchev–Trinajstić information content (AvgIpc) is 2.65. The molecule has 0 aliphatic carbocycles. The molecule has 0 heterocycles. The van der Waals surface area contributed by atoms with Gasteiger partial charge < -0.3 is 14.8 Å². The number of rotatable bonds is 7. The molecule has 0 saturated heterocycles. The Morgan fingerprint density at radius 1 is 0.852 bits per heavy atom. The van der Waals surface area contributed by atoms with Gasteiger partial charge in [0.1, 0.15) is 13.2 Å². The van der Waals surface area contributed by atoms with E-state index in [4.69, 9.17) is 9.47 Å². The zero-order valence-corrected chi connectivity index (χ0v) is 16.1. The molecule has 27 heavy (non-hydrogen) atoms. The molecule has 0 fully saturated rings. The molecule has 0 saturated carbocycles. The predicted molar refractivity (Wildman–Crippen MR) is 104 cm³/mol. The smallest absolute Gasteiger partial charge is 0.407 e. The summed E-state index contributed by atoms with van der Waals surface area (Å²) < 4.78 is 10.6. The highest BCUT2D eigenvalue weighted by atomic mass is 16.5. The van der Waals surface area contributed by atoms with Crippen LogP contribution in [-0.2, 0) is 27.5 Å². The molecule has 2 aromatic rings. The van der Waals surface area contributed by atoms with Crippen LogP contribution in [0.15, 0.2) is 60.7 Å². The molecule has 1 atom stereocenters. The molecule has 0 aromatic heterocycles. The first-order valence-electron chi connectivity index (χ1n) is 9.01. The first-order valence-corrected chi connectivity index (χ1v) is 9.01. The number of amides is 1. The SMILES string of the molecule is CC(C)(C)[C@H](CC(=O)OCc1ccccc1)NC(=O)OCc1ccccc1. The molecule has 5 nitrogen and oxygen atoms in total. The summed E-state index contributed by atoms with van der Waals surface area (Å²) in [5.41, 5.74) is 1.51. The number of hydrogen-bond donors (Lipinski definition) is 1. The number of carbonyl (C=O) groups is 2. The highest BCUT2D eigenvalue weighted by molar-refractivity contribution is 5.73. The van der Waals surface area contributed by atoms with Gasteiger partial charge in [-0.25, -0.2) is 4.79 Å². The maximum absolute atomic E-state index is 12.2. The lowest BCUT2D eigenvalue weighted by molar-refractivity contribution is -0.146. The van der Waals surface area contributed by atoms with Gasteiger partial charge in [0.15, 0.2) is 0 Å². The summed E-state index contributed by atoms with van der Waals surface area (Å²) in [6.07, 6.45) is -0.467. The molecule has 0 spiro atoms. The Bertz CT molecular complexity index is 665. The maximum Gasteiger partial charge on any atom is 0.407 e. The number of hydrogen-bond acceptors (Lipinski definition) is 4. The first-order chi connectivity index (χ1) is 12.8. The molecule has 0 bridgehead atoms. The van der Waals surface area contributed by atoms with Gasteiger partial charge in [-0.15, -0.1) is 0 Å². The lowest BCUT2D eigenvalue weighted by atomic mass is 9.85. The minimum atomic E-state index is -0.547. The summed E-state index contributed by atoms with van der Waals surface area (Å²) in [5.74, 6) is -0.359. The van der Waals surface area contributed by atoms with E-state index in [9.17, 15) is 9.59 Å².